The summed E-state index contributed by atoms with van der Waals surface area (Å²) in [6, 6.07) is 6.83. The molecule has 0 fully saturated rings. The first kappa shape index (κ1) is 11.3. The Balaban J connectivity index is 2.38. The van der Waals surface area contributed by atoms with Crippen molar-refractivity contribution in [3.63, 3.8) is 0 Å². The van der Waals surface area contributed by atoms with Crippen LogP contribution in [-0.4, -0.2) is 19.5 Å². The molecular formula is C11H6Cl2N4O. The number of fused-ring (bicyclic) bond motifs is 1. The standard InChI is InChI=1S/C11H6Cl2N4O/c12-6-1-3-7(4-2-6)17-8-9(13)14-5-15-10(8)16-11(17)18/h1-5H,(H,14,15,16,18). The van der Waals surface area contributed by atoms with Crippen molar-refractivity contribution < 1.29 is 0 Å². The second-order valence-corrected chi connectivity index (χ2v) is 4.40. The number of aromatic amines is 1. The van der Waals surface area contributed by atoms with Gasteiger partial charge in [0.1, 0.15) is 11.8 Å². The van der Waals surface area contributed by atoms with Gasteiger partial charge in [-0.05, 0) is 24.3 Å². The van der Waals surface area contributed by atoms with Crippen LogP contribution in [0, 0.1) is 0 Å². The first-order valence-corrected chi connectivity index (χ1v) is 5.79. The van der Waals surface area contributed by atoms with Gasteiger partial charge in [0.2, 0.25) is 0 Å². The van der Waals surface area contributed by atoms with Gasteiger partial charge in [-0.15, -0.1) is 0 Å². The van der Waals surface area contributed by atoms with Crippen molar-refractivity contribution >= 4 is 34.4 Å². The highest BCUT2D eigenvalue weighted by Crippen LogP contribution is 2.20. The molecule has 2 heterocycles. The van der Waals surface area contributed by atoms with Crippen LogP contribution in [0.2, 0.25) is 10.2 Å². The van der Waals surface area contributed by atoms with Crippen molar-refractivity contribution in [3.05, 3.63) is 51.3 Å². The average molecular weight is 281 g/mol. The van der Waals surface area contributed by atoms with Crippen LogP contribution in [0.15, 0.2) is 35.4 Å². The smallest absolute Gasteiger partial charge is 0.290 e. The Labute approximate surface area is 111 Å². The van der Waals surface area contributed by atoms with Crippen molar-refractivity contribution in [1.29, 1.82) is 0 Å². The van der Waals surface area contributed by atoms with Crippen molar-refractivity contribution in [2.75, 3.05) is 0 Å². The maximum atomic E-state index is 11.9. The first-order valence-electron chi connectivity index (χ1n) is 5.04. The number of aromatic nitrogens is 4. The second-order valence-electron chi connectivity index (χ2n) is 3.60. The van der Waals surface area contributed by atoms with Gasteiger partial charge in [0.25, 0.3) is 0 Å². The van der Waals surface area contributed by atoms with E-state index in [1.54, 1.807) is 24.3 Å². The predicted molar refractivity (Wildman–Crippen MR) is 69.5 cm³/mol. The van der Waals surface area contributed by atoms with E-state index in [0.29, 0.717) is 21.9 Å². The quantitative estimate of drug-likeness (QED) is 0.697. The topological polar surface area (TPSA) is 63.6 Å². The Morgan fingerprint density at radius 1 is 1.11 bits per heavy atom. The molecule has 7 heteroatoms. The highest BCUT2D eigenvalue weighted by Gasteiger charge is 2.13. The molecule has 0 aliphatic rings. The summed E-state index contributed by atoms with van der Waals surface area (Å²) < 4.78 is 1.41. The van der Waals surface area contributed by atoms with E-state index >= 15 is 0 Å². The van der Waals surface area contributed by atoms with Crippen LogP contribution in [0.1, 0.15) is 0 Å². The molecular weight excluding hydrogens is 275 g/mol. The van der Waals surface area contributed by atoms with Crippen LogP contribution < -0.4 is 5.69 Å². The van der Waals surface area contributed by atoms with Crippen LogP contribution in [0.25, 0.3) is 16.9 Å². The van der Waals surface area contributed by atoms with E-state index in [1.807, 2.05) is 0 Å². The summed E-state index contributed by atoms with van der Waals surface area (Å²) >= 11 is 11.8. The minimum absolute atomic E-state index is 0.216. The van der Waals surface area contributed by atoms with E-state index in [1.165, 1.54) is 10.9 Å². The fourth-order valence-corrected chi connectivity index (χ4v) is 2.09. The molecule has 0 spiro atoms. The fraction of sp³-hybridized carbons (Fsp3) is 0. The number of hydrogen-bond donors (Lipinski definition) is 1. The Bertz CT molecular complexity index is 776. The lowest BCUT2D eigenvalue weighted by atomic mass is 10.3. The summed E-state index contributed by atoms with van der Waals surface area (Å²) in [5.74, 6) is 0. The number of halogens is 2. The molecule has 0 saturated heterocycles. The van der Waals surface area contributed by atoms with E-state index < -0.39 is 0 Å². The zero-order chi connectivity index (χ0) is 12.7. The molecule has 1 N–H and O–H groups in total. The van der Waals surface area contributed by atoms with E-state index in [4.69, 9.17) is 23.2 Å². The minimum atomic E-state index is -0.324. The average Bonchev–Trinajstić information content (AvgIpc) is 2.68. The van der Waals surface area contributed by atoms with Gasteiger partial charge in [0.05, 0.1) is 5.69 Å². The third-order valence-corrected chi connectivity index (χ3v) is 3.04. The van der Waals surface area contributed by atoms with Gasteiger partial charge in [-0.2, -0.15) is 0 Å². The molecule has 1 aromatic carbocycles. The number of H-pyrrole nitrogens is 1. The minimum Gasteiger partial charge on any atom is -0.290 e. The molecule has 0 aliphatic carbocycles. The molecule has 0 saturated carbocycles. The van der Waals surface area contributed by atoms with Gasteiger partial charge < -0.3 is 0 Å². The van der Waals surface area contributed by atoms with E-state index in [2.05, 4.69) is 15.0 Å². The molecule has 0 radical (unpaired) electrons. The van der Waals surface area contributed by atoms with Crippen molar-refractivity contribution in [2.45, 2.75) is 0 Å². The molecule has 0 unspecified atom stereocenters. The number of rotatable bonds is 1. The lowest BCUT2D eigenvalue weighted by Gasteiger charge is -2.03. The SMILES string of the molecule is O=c1[nH]c2ncnc(Cl)c2n1-c1ccc(Cl)cc1. The molecule has 5 nitrogen and oxygen atoms in total. The Kier molecular flexibility index (Phi) is 2.57. The van der Waals surface area contributed by atoms with Crippen molar-refractivity contribution in [1.82, 2.24) is 19.5 Å². The van der Waals surface area contributed by atoms with E-state index in [9.17, 15) is 4.79 Å². The van der Waals surface area contributed by atoms with Gasteiger partial charge in [-0.3, -0.25) is 9.55 Å². The van der Waals surface area contributed by atoms with Gasteiger partial charge in [-0.1, -0.05) is 23.2 Å². The highest BCUT2D eigenvalue weighted by atomic mass is 35.5. The maximum absolute atomic E-state index is 11.9. The third-order valence-electron chi connectivity index (χ3n) is 2.51. The summed E-state index contributed by atoms with van der Waals surface area (Å²) in [4.78, 5) is 22.4. The molecule has 0 atom stereocenters. The molecule has 3 rings (SSSR count). The zero-order valence-corrected chi connectivity index (χ0v) is 10.4. The van der Waals surface area contributed by atoms with E-state index in [-0.39, 0.29) is 10.8 Å². The molecule has 2 aromatic heterocycles. The molecule has 0 amide bonds. The largest absolute Gasteiger partial charge is 0.332 e. The summed E-state index contributed by atoms with van der Waals surface area (Å²) in [7, 11) is 0. The predicted octanol–water partition coefficient (Wildman–Crippen LogP) is 2.42. The van der Waals surface area contributed by atoms with Crippen LogP contribution in [0.4, 0.5) is 0 Å². The first-order chi connectivity index (χ1) is 8.66. The molecule has 90 valence electrons. The Morgan fingerprint density at radius 2 is 1.83 bits per heavy atom. The number of hydrogen-bond acceptors (Lipinski definition) is 3. The lowest BCUT2D eigenvalue weighted by molar-refractivity contribution is 1.01. The number of nitrogens with one attached hydrogen (secondary N) is 1. The zero-order valence-electron chi connectivity index (χ0n) is 8.89. The lowest BCUT2D eigenvalue weighted by Crippen LogP contribution is -2.14. The summed E-state index contributed by atoms with van der Waals surface area (Å²) in [6.07, 6.45) is 1.30. The fourth-order valence-electron chi connectivity index (χ4n) is 1.74. The van der Waals surface area contributed by atoms with Gasteiger partial charge >= 0.3 is 5.69 Å². The maximum Gasteiger partial charge on any atom is 0.332 e. The monoisotopic (exact) mass is 280 g/mol. The number of benzene rings is 1. The summed E-state index contributed by atoms with van der Waals surface area (Å²) in [6.45, 7) is 0. The van der Waals surface area contributed by atoms with E-state index in [0.717, 1.165) is 0 Å². The number of imidazole rings is 1. The van der Waals surface area contributed by atoms with Crippen LogP contribution in [0.3, 0.4) is 0 Å². The van der Waals surface area contributed by atoms with Gasteiger partial charge in [0.15, 0.2) is 10.8 Å². The van der Waals surface area contributed by atoms with Crippen molar-refractivity contribution in [3.8, 4) is 5.69 Å². The Hall–Kier alpha value is -1.85. The summed E-state index contributed by atoms with van der Waals surface area (Å²) in [5, 5.41) is 0.808. The van der Waals surface area contributed by atoms with Crippen molar-refractivity contribution in [2.24, 2.45) is 0 Å². The molecule has 0 aliphatic heterocycles. The second kappa shape index (κ2) is 4.12. The molecule has 18 heavy (non-hydrogen) atoms. The van der Waals surface area contributed by atoms with Crippen LogP contribution >= 0.6 is 23.2 Å². The normalized spacial score (nSPS) is 11.0. The Morgan fingerprint density at radius 3 is 2.56 bits per heavy atom. The number of nitrogens with zero attached hydrogens (tertiary/aromatic N) is 3. The van der Waals surface area contributed by atoms with Gasteiger partial charge in [0, 0.05) is 5.02 Å². The third kappa shape index (κ3) is 1.68. The molecule has 3 aromatic rings. The van der Waals surface area contributed by atoms with Gasteiger partial charge in [-0.25, -0.2) is 14.8 Å². The summed E-state index contributed by atoms with van der Waals surface area (Å²) in [5.41, 5.74) is 1.17. The molecule has 0 bridgehead atoms. The van der Waals surface area contributed by atoms with Crippen LogP contribution in [0.5, 0.6) is 0 Å². The highest BCUT2D eigenvalue weighted by molar-refractivity contribution is 6.33. The van der Waals surface area contributed by atoms with Crippen LogP contribution in [-0.2, 0) is 0 Å².